The number of methoxy groups -OCH3 is 1. The van der Waals surface area contributed by atoms with Crippen LogP contribution in [0.15, 0.2) is 47.3 Å². The number of aromatic nitrogens is 1. The summed E-state index contributed by atoms with van der Waals surface area (Å²) in [4.78, 5) is 26.9. The van der Waals surface area contributed by atoms with Crippen LogP contribution < -0.4 is 10.5 Å². The lowest BCUT2D eigenvalue weighted by Crippen LogP contribution is -2.29. The van der Waals surface area contributed by atoms with E-state index in [9.17, 15) is 14.7 Å². The topological polar surface area (TPSA) is 71.8 Å². The van der Waals surface area contributed by atoms with Gasteiger partial charge >= 0.3 is 5.97 Å². The average Bonchev–Trinajstić information content (AvgIpc) is 2.70. The van der Waals surface area contributed by atoms with Gasteiger partial charge in [0, 0.05) is 30.6 Å². The van der Waals surface area contributed by atoms with Gasteiger partial charge in [0.25, 0.3) is 5.56 Å². The molecule has 0 bridgehead atoms. The molecule has 1 N–H and O–H groups in total. The van der Waals surface area contributed by atoms with Gasteiger partial charge in [0.15, 0.2) is 6.10 Å². The van der Waals surface area contributed by atoms with Crippen molar-refractivity contribution < 1.29 is 14.6 Å². The third kappa shape index (κ3) is 3.16. The molecule has 0 amide bonds. The summed E-state index contributed by atoms with van der Waals surface area (Å²) in [5, 5.41) is 11.8. The van der Waals surface area contributed by atoms with Crippen LogP contribution in [-0.4, -0.2) is 29.8 Å². The maximum atomic E-state index is 12.9. The third-order valence-electron chi connectivity index (χ3n) is 5.22. The van der Waals surface area contributed by atoms with Gasteiger partial charge in [-0.3, -0.25) is 4.79 Å². The van der Waals surface area contributed by atoms with Crippen LogP contribution in [0.1, 0.15) is 22.9 Å². The molecular weight excluding hydrogens is 356 g/mol. The number of ether oxygens (including phenoxy) is 1. The van der Waals surface area contributed by atoms with E-state index in [-0.39, 0.29) is 11.3 Å². The summed E-state index contributed by atoms with van der Waals surface area (Å²) in [5.41, 5.74) is 3.65. The predicted molar refractivity (Wildman–Crippen MR) is 110 cm³/mol. The standard InChI is InChI=1S/C22H24N2O4/c1-13-10-11-15(12-14(13)2)23(3)18-16-8-6-7-9-17(16)21(26)24(4)19(18)20(25)22(27)28-5/h6-12,20,25H,1-5H3. The summed E-state index contributed by atoms with van der Waals surface area (Å²) in [6.07, 6.45) is -1.59. The van der Waals surface area contributed by atoms with Gasteiger partial charge in [0.05, 0.1) is 18.5 Å². The van der Waals surface area contributed by atoms with E-state index in [1.807, 2.05) is 56.1 Å². The minimum absolute atomic E-state index is 0.191. The minimum Gasteiger partial charge on any atom is -0.467 e. The van der Waals surface area contributed by atoms with Crippen molar-refractivity contribution in [3.63, 3.8) is 0 Å². The molecular formula is C22H24N2O4. The first-order chi connectivity index (χ1) is 13.3. The number of anilines is 2. The Balaban J connectivity index is 2.38. The number of aryl methyl sites for hydroxylation is 2. The van der Waals surface area contributed by atoms with Crippen molar-refractivity contribution >= 4 is 28.1 Å². The summed E-state index contributed by atoms with van der Waals surface area (Å²) < 4.78 is 6.04. The van der Waals surface area contributed by atoms with Crippen LogP contribution in [0.25, 0.3) is 10.8 Å². The highest BCUT2D eigenvalue weighted by Crippen LogP contribution is 2.36. The van der Waals surface area contributed by atoms with Gasteiger partial charge < -0.3 is 19.3 Å². The first-order valence-electron chi connectivity index (χ1n) is 8.96. The summed E-state index contributed by atoms with van der Waals surface area (Å²) in [5.74, 6) is -0.819. The molecule has 3 rings (SSSR count). The van der Waals surface area contributed by atoms with E-state index in [1.165, 1.54) is 11.7 Å². The number of carbonyl (C=O) groups is 1. The number of fused-ring (bicyclic) bond motifs is 1. The number of carbonyl (C=O) groups excluding carboxylic acids is 1. The number of rotatable bonds is 4. The third-order valence-corrected chi connectivity index (χ3v) is 5.22. The predicted octanol–water partition coefficient (Wildman–Crippen LogP) is 3.13. The first-order valence-corrected chi connectivity index (χ1v) is 8.96. The van der Waals surface area contributed by atoms with Crippen LogP contribution in [0.2, 0.25) is 0 Å². The van der Waals surface area contributed by atoms with Gasteiger partial charge in [0.2, 0.25) is 0 Å². The van der Waals surface area contributed by atoms with Gasteiger partial charge in [-0.1, -0.05) is 24.3 Å². The van der Waals surface area contributed by atoms with Gasteiger partial charge in [-0.25, -0.2) is 4.79 Å². The van der Waals surface area contributed by atoms with E-state index >= 15 is 0 Å². The zero-order valence-corrected chi connectivity index (χ0v) is 16.7. The van der Waals surface area contributed by atoms with Crippen molar-refractivity contribution in [2.24, 2.45) is 7.05 Å². The van der Waals surface area contributed by atoms with Crippen LogP contribution in [0.3, 0.4) is 0 Å². The monoisotopic (exact) mass is 380 g/mol. The second-order valence-electron chi connectivity index (χ2n) is 6.90. The number of nitrogens with zero attached hydrogens (tertiary/aromatic N) is 2. The van der Waals surface area contributed by atoms with Crippen LogP contribution in [-0.2, 0) is 16.6 Å². The summed E-state index contributed by atoms with van der Waals surface area (Å²) in [7, 11) is 4.61. The average molecular weight is 380 g/mol. The molecule has 0 fully saturated rings. The molecule has 0 aliphatic carbocycles. The highest BCUT2D eigenvalue weighted by atomic mass is 16.5. The normalized spacial score (nSPS) is 12.1. The minimum atomic E-state index is -1.59. The molecule has 0 radical (unpaired) electrons. The number of pyridine rings is 1. The molecule has 0 saturated carbocycles. The maximum Gasteiger partial charge on any atom is 0.341 e. The molecule has 0 saturated heterocycles. The first kappa shape index (κ1) is 19.6. The maximum absolute atomic E-state index is 12.9. The summed E-state index contributed by atoms with van der Waals surface area (Å²) >= 11 is 0. The van der Waals surface area contributed by atoms with E-state index in [0.717, 1.165) is 16.8 Å². The van der Waals surface area contributed by atoms with Crippen molar-refractivity contribution in [2.45, 2.75) is 20.0 Å². The van der Waals surface area contributed by atoms with Crippen molar-refractivity contribution in [1.82, 2.24) is 4.57 Å². The van der Waals surface area contributed by atoms with Crippen molar-refractivity contribution in [3.05, 3.63) is 69.6 Å². The van der Waals surface area contributed by atoms with Crippen LogP contribution >= 0.6 is 0 Å². The molecule has 6 nitrogen and oxygen atoms in total. The zero-order chi connectivity index (χ0) is 20.6. The molecule has 146 valence electrons. The number of aliphatic hydroxyl groups excluding tert-OH is 1. The van der Waals surface area contributed by atoms with E-state index in [4.69, 9.17) is 4.74 Å². The Morgan fingerprint density at radius 1 is 1.11 bits per heavy atom. The second kappa shape index (κ2) is 7.48. The van der Waals surface area contributed by atoms with Gasteiger partial charge in [-0.2, -0.15) is 0 Å². The number of hydrogen-bond donors (Lipinski definition) is 1. The second-order valence-corrected chi connectivity index (χ2v) is 6.90. The molecule has 1 atom stereocenters. The number of benzene rings is 2. The quantitative estimate of drug-likeness (QED) is 0.704. The smallest absolute Gasteiger partial charge is 0.341 e. The van der Waals surface area contributed by atoms with E-state index in [2.05, 4.69) is 0 Å². The molecule has 0 aliphatic rings. The Morgan fingerprint density at radius 2 is 1.75 bits per heavy atom. The van der Waals surface area contributed by atoms with Crippen molar-refractivity contribution in [2.75, 3.05) is 19.1 Å². The van der Waals surface area contributed by atoms with Gasteiger partial charge in [-0.15, -0.1) is 0 Å². The fraction of sp³-hybridized carbons (Fsp3) is 0.273. The van der Waals surface area contributed by atoms with Crippen LogP contribution in [0.4, 0.5) is 11.4 Å². The molecule has 0 aliphatic heterocycles. The highest BCUT2D eigenvalue weighted by molar-refractivity contribution is 5.98. The molecule has 3 aromatic rings. The van der Waals surface area contributed by atoms with E-state index < -0.39 is 12.1 Å². The largest absolute Gasteiger partial charge is 0.467 e. The Bertz CT molecular complexity index is 1120. The molecule has 0 spiro atoms. The van der Waals surface area contributed by atoms with Gasteiger partial charge in [-0.05, 0) is 43.2 Å². The Morgan fingerprint density at radius 3 is 2.36 bits per heavy atom. The summed E-state index contributed by atoms with van der Waals surface area (Å²) in [6, 6.07) is 13.2. The Hall–Kier alpha value is -3.12. The molecule has 1 heterocycles. The molecule has 6 heteroatoms. The lowest BCUT2D eigenvalue weighted by atomic mass is 10.0. The lowest BCUT2D eigenvalue weighted by molar-refractivity contribution is -0.151. The van der Waals surface area contributed by atoms with Crippen molar-refractivity contribution in [3.8, 4) is 0 Å². The Labute approximate surface area is 163 Å². The number of hydrogen-bond acceptors (Lipinski definition) is 5. The summed E-state index contributed by atoms with van der Waals surface area (Å²) in [6.45, 7) is 4.06. The lowest BCUT2D eigenvalue weighted by Gasteiger charge is -2.28. The number of aliphatic hydroxyl groups is 1. The molecule has 1 unspecified atom stereocenters. The van der Waals surface area contributed by atoms with Crippen LogP contribution in [0.5, 0.6) is 0 Å². The fourth-order valence-corrected chi connectivity index (χ4v) is 3.42. The number of esters is 1. The molecule has 28 heavy (non-hydrogen) atoms. The van der Waals surface area contributed by atoms with Gasteiger partial charge in [0.1, 0.15) is 0 Å². The fourth-order valence-electron chi connectivity index (χ4n) is 3.42. The molecule has 1 aromatic heterocycles. The Kier molecular flexibility index (Phi) is 5.25. The van der Waals surface area contributed by atoms with Crippen LogP contribution in [0, 0.1) is 13.8 Å². The van der Waals surface area contributed by atoms with E-state index in [0.29, 0.717) is 16.5 Å². The van der Waals surface area contributed by atoms with E-state index in [1.54, 1.807) is 19.2 Å². The molecule has 2 aromatic carbocycles. The van der Waals surface area contributed by atoms with Crippen molar-refractivity contribution in [1.29, 1.82) is 0 Å². The highest BCUT2D eigenvalue weighted by Gasteiger charge is 2.29. The SMILES string of the molecule is COC(=O)C(O)c1c(N(C)c2ccc(C)c(C)c2)c2ccccc2c(=O)n1C. The zero-order valence-electron chi connectivity index (χ0n) is 16.7.